The van der Waals surface area contributed by atoms with Gasteiger partial charge in [0.05, 0.1) is 18.3 Å². The molecule has 0 bridgehead atoms. The summed E-state index contributed by atoms with van der Waals surface area (Å²) in [6.45, 7) is 4.86. The van der Waals surface area contributed by atoms with Crippen molar-refractivity contribution < 1.29 is 14.1 Å². The van der Waals surface area contributed by atoms with Crippen LogP contribution in [0.4, 0.5) is 16.3 Å². The van der Waals surface area contributed by atoms with Gasteiger partial charge in [-0.15, -0.1) is 0 Å². The maximum Gasteiger partial charge on any atom is 0.414 e. The van der Waals surface area contributed by atoms with Crippen LogP contribution in [0.2, 0.25) is 0 Å². The van der Waals surface area contributed by atoms with Gasteiger partial charge in [0.2, 0.25) is 0 Å². The van der Waals surface area contributed by atoms with Gasteiger partial charge >= 0.3 is 6.09 Å². The first-order valence-corrected chi connectivity index (χ1v) is 8.01. The summed E-state index contributed by atoms with van der Waals surface area (Å²) in [5, 5.41) is 8.08. The number of rotatable bonds is 4. The Morgan fingerprint density at radius 1 is 1.32 bits per heavy atom. The molecule has 3 heterocycles. The van der Waals surface area contributed by atoms with Gasteiger partial charge in [-0.3, -0.25) is 4.90 Å². The van der Waals surface area contributed by atoms with E-state index in [1.165, 1.54) is 6.33 Å². The third kappa shape index (κ3) is 2.75. The average molecular weight is 339 g/mol. The van der Waals surface area contributed by atoms with E-state index in [-0.39, 0.29) is 12.1 Å². The molecule has 1 N–H and O–H groups in total. The van der Waals surface area contributed by atoms with Crippen LogP contribution in [0.3, 0.4) is 0 Å². The van der Waals surface area contributed by atoms with Crippen LogP contribution < -0.4 is 10.2 Å². The second-order valence-electron chi connectivity index (χ2n) is 5.90. The molecule has 1 fully saturated rings. The van der Waals surface area contributed by atoms with Crippen LogP contribution in [0.1, 0.15) is 24.2 Å². The molecule has 1 unspecified atom stereocenters. The number of hydrogen-bond donors (Lipinski definition) is 1. The van der Waals surface area contributed by atoms with Crippen LogP contribution >= 0.6 is 0 Å². The van der Waals surface area contributed by atoms with E-state index < -0.39 is 0 Å². The van der Waals surface area contributed by atoms with E-state index in [4.69, 9.17) is 9.26 Å². The third-order valence-corrected chi connectivity index (χ3v) is 4.24. The van der Waals surface area contributed by atoms with Gasteiger partial charge < -0.3 is 14.6 Å². The highest BCUT2D eigenvalue weighted by Gasteiger charge is 2.24. The minimum atomic E-state index is -0.310. The summed E-state index contributed by atoms with van der Waals surface area (Å²) >= 11 is 0. The molecular formula is C17H17N5O3. The van der Waals surface area contributed by atoms with Crippen LogP contribution in [0.15, 0.2) is 35.1 Å². The number of nitrogens with zero attached hydrogens (tertiary/aromatic N) is 4. The molecule has 128 valence electrons. The Labute approximate surface area is 143 Å². The minimum absolute atomic E-state index is 0.0361. The standard InChI is InChI=1S/C17H17N5O3/c1-10(20-15-14-11(2)21-25-16(14)19-9-18-15)12-4-3-5-13(8-12)22-6-7-24-17(22)23/h3-5,8-10H,6-7H2,1-2H3,(H,18,19,20). The molecule has 1 aliphatic heterocycles. The fourth-order valence-electron chi connectivity index (χ4n) is 2.91. The van der Waals surface area contributed by atoms with Crippen molar-refractivity contribution in [1.29, 1.82) is 0 Å². The molecule has 1 amide bonds. The SMILES string of the molecule is Cc1noc2ncnc(NC(C)c3cccc(N4CCOC4=O)c3)c12. The fourth-order valence-corrected chi connectivity index (χ4v) is 2.91. The summed E-state index contributed by atoms with van der Waals surface area (Å²) < 4.78 is 10.2. The molecule has 8 nitrogen and oxygen atoms in total. The van der Waals surface area contributed by atoms with Gasteiger partial charge in [-0.2, -0.15) is 4.98 Å². The van der Waals surface area contributed by atoms with Gasteiger partial charge in [-0.05, 0) is 31.5 Å². The van der Waals surface area contributed by atoms with Crippen molar-refractivity contribution in [3.8, 4) is 0 Å². The van der Waals surface area contributed by atoms with E-state index in [0.29, 0.717) is 24.7 Å². The van der Waals surface area contributed by atoms with Crippen LogP contribution in [-0.2, 0) is 4.74 Å². The molecule has 0 saturated carbocycles. The van der Waals surface area contributed by atoms with E-state index in [2.05, 4.69) is 20.4 Å². The first-order valence-electron chi connectivity index (χ1n) is 8.01. The van der Waals surface area contributed by atoms with Crippen molar-refractivity contribution in [2.45, 2.75) is 19.9 Å². The molecule has 4 rings (SSSR count). The Kier molecular flexibility index (Phi) is 3.72. The topological polar surface area (TPSA) is 93.4 Å². The molecule has 1 aliphatic rings. The van der Waals surface area contributed by atoms with E-state index in [9.17, 15) is 4.79 Å². The molecule has 1 aromatic carbocycles. The summed E-state index contributed by atoms with van der Waals surface area (Å²) in [5.74, 6) is 0.669. The Morgan fingerprint density at radius 2 is 2.20 bits per heavy atom. The highest BCUT2D eigenvalue weighted by Crippen LogP contribution is 2.28. The first-order chi connectivity index (χ1) is 12.1. The number of fused-ring (bicyclic) bond motifs is 1. The zero-order valence-corrected chi connectivity index (χ0v) is 13.9. The van der Waals surface area contributed by atoms with Gasteiger partial charge in [0.15, 0.2) is 0 Å². The van der Waals surface area contributed by atoms with Crippen molar-refractivity contribution in [2.24, 2.45) is 0 Å². The van der Waals surface area contributed by atoms with Gasteiger partial charge in [0.1, 0.15) is 24.1 Å². The predicted molar refractivity (Wildman–Crippen MR) is 91.5 cm³/mol. The molecule has 8 heteroatoms. The molecule has 2 aromatic heterocycles. The summed E-state index contributed by atoms with van der Waals surface area (Å²) in [5.41, 5.74) is 3.04. The lowest BCUT2D eigenvalue weighted by Gasteiger charge is -2.18. The lowest BCUT2D eigenvalue weighted by molar-refractivity contribution is 0.181. The number of nitrogens with one attached hydrogen (secondary N) is 1. The zero-order chi connectivity index (χ0) is 17.4. The number of aryl methyl sites for hydroxylation is 1. The number of carbonyl (C=O) groups is 1. The molecule has 25 heavy (non-hydrogen) atoms. The Balaban J connectivity index is 1.61. The number of cyclic esters (lactones) is 1. The molecule has 0 spiro atoms. The normalized spacial score (nSPS) is 15.4. The molecule has 0 aliphatic carbocycles. The number of hydrogen-bond acceptors (Lipinski definition) is 7. The number of anilines is 2. The highest BCUT2D eigenvalue weighted by molar-refractivity contribution is 5.89. The third-order valence-electron chi connectivity index (χ3n) is 4.24. The summed E-state index contributed by atoms with van der Waals surface area (Å²) in [6.07, 6.45) is 1.13. The number of benzene rings is 1. The molecular weight excluding hydrogens is 322 g/mol. The van der Waals surface area contributed by atoms with E-state index in [0.717, 1.165) is 22.3 Å². The second-order valence-corrected chi connectivity index (χ2v) is 5.90. The summed E-state index contributed by atoms with van der Waals surface area (Å²) in [6, 6.07) is 7.76. The largest absolute Gasteiger partial charge is 0.447 e. The predicted octanol–water partition coefficient (Wildman–Crippen LogP) is 3.06. The van der Waals surface area contributed by atoms with Crippen LogP contribution in [0, 0.1) is 6.92 Å². The Bertz CT molecular complexity index is 939. The zero-order valence-electron chi connectivity index (χ0n) is 13.9. The fraction of sp³-hybridized carbons (Fsp3) is 0.294. The van der Waals surface area contributed by atoms with Gasteiger partial charge in [-0.25, -0.2) is 9.78 Å². The van der Waals surface area contributed by atoms with Crippen molar-refractivity contribution in [3.63, 3.8) is 0 Å². The maximum absolute atomic E-state index is 11.8. The second kappa shape index (κ2) is 6.04. The van der Waals surface area contributed by atoms with Crippen molar-refractivity contribution in [1.82, 2.24) is 15.1 Å². The summed E-state index contributed by atoms with van der Waals surface area (Å²) in [7, 11) is 0. The van der Waals surface area contributed by atoms with Gasteiger partial charge in [-0.1, -0.05) is 17.3 Å². The van der Waals surface area contributed by atoms with Crippen molar-refractivity contribution >= 4 is 28.7 Å². The highest BCUT2D eigenvalue weighted by atomic mass is 16.6. The quantitative estimate of drug-likeness (QED) is 0.780. The average Bonchev–Trinajstić information content (AvgIpc) is 3.22. The number of aromatic nitrogens is 3. The number of carbonyl (C=O) groups excluding carboxylic acids is 1. The molecule has 0 radical (unpaired) electrons. The van der Waals surface area contributed by atoms with E-state index in [1.807, 2.05) is 38.1 Å². The molecule has 3 aromatic rings. The first kappa shape index (κ1) is 15.4. The Hall–Kier alpha value is -3.16. The van der Waals surface area contributed by atoms with Crippen molar-refractivity contribution in [2.75, 3.05) is 23.4 Å². The lowest BCUT2D eigenvalue weighted by Crippen LogP contribution is -2.23. The number of amides is 1. The minimum Gasteiger partial charge on any atom is -0.447 e. The lowest BCUT2D eigenvalue weighted by atomic mass is 10.1. The van der Waals surface area contributed by atoms with Gasteiger partial charge in [0.25, 0.3) is 5.71 Å². The monoisotopic (exact) mass is 339 g/mol. The summed E-state index contributed by atoms with van der Waals surface area (Å²) in [4.78, 5) is 21.8. The van der Waals surface area contributed by atoms with Crippen molar-refractivity contribution in [3.05, 3.63) is 41.9 Å². The smallest absolute Gasteiger partial charge is 0.414 e. The Morgan fingerprint density at radius 3 is 3.00 bits per heavy atom. The molecule has 1 saturated heterocycles. The van der Waals surface area contributed by atoms with E-state index >= 15 is 0 Å². The number of ether oxygens (including phenoxy) is 1. The van der Waals surface area contributed by atoms with Crippen LogP contribution in [-0.4, -0.2) is 34.4 Å². The maximum atomic E-state index is 11.8. The van der Waals surface area contributed by atoms with E-state index in [1.54, 1.807) is 4.90 Å². The van der Waals surface area contributed by atoms with Crippen LogP contribution in [0.5, 0.6) is 0 Å². The molecule has 1 atom stereocenters. The van der Waals surface area contributed by atoms with Gasteiger partial charge in [0, 0.05) is 5.69 Å². The van der Waals surface area contributed by atoms with Crippen LogP contribution in [0.25, 0.3) is 11.1 Å².